The molecule has 14 heavy (non-hydrogen) atoms. The van der Waals surface area contributed by atoms with Gasteiger partial charge in [-0.2, -0.15) is 0 Å². The summed E-state index contributed by atoms with van der Waals surface area (Å²) in [5.74, 6) is -1.02. The van der Waals surface area contributed by atoms with Crippen LogP contribution in [0.2, 0.25) is 0 Å². The normalized spacial score (nSPS) is 10.6. The van der Waals surface area contributed by atoms with Gasteiger partial charge in [0.05, 0.1) is 15.7 Å². The molecule has 0 spiro atoms. The monoisotopic (exact) mass is 255 g/mol. The SMILES string of the molecule is Nc1c[nH]c2c(C(=O)O)c(Br)cnc12. The van der Waals surface area contributed by atoms with Crippen molar-refractivity contribution in [3.63, 3.8) is 0 Å². The van der Waals surface area contributed by atoms with E-state index in [1.54, 1.807) is 0 Å². The number of pyridine rings is 1. The van der Waals surface area contributed by atoms with Gasteiger partial charge in [0.1, 0.15) is 11.1 Å². The van der Waals surface area contributed by atoms with Crippen molar-refractivity contribution in [2.45, 2.75) is 0 Å². The number of aromatic carboxylic acids is 1. The summed E-state index contributed by atoms with van der Waals surface area (Å²) in [5.41, 5.74) is 7.09. The Labute approximate surface area is 87.1 Å². The summed E-state index contributed by atoms with van der Waals surface area (Å²) in [4.78, 5) is 17.7. The van der Waals surface area contributed by atoms with Gasteiger partial charge >= 0.3 is 5.97 Å². The number of fused-ring (bicyclic) bond motifs is 1. The van der Waals surface area contributed by atoms with Gasteiger partial charge in [0.15, 0.2) is 0 Å². The number of rotatable bonds is 1. The lowest BCUT2D eigenvalue weighted by molar-refractivity contribution is 0.0698. The van der Waals surface area contributed by atoms with Crippen LogP contribution in [0.3, 0.4) is 0 Å². The number of nitrogen functional groups attached to an aromatic ring is 1. The molecule has 0 aromatic carbocycles. The summed E-state index contributed by atoms with van der Waals surface area (Å²) in [6.07, 6.45) is 2.95. The molecule has 0 fully saturated rings. The van der Waals surface area contributed by atoms with Crippen LogP contribution in [0.15, 0.2) is 16.9 Å². The second-order valence-electron chi connectivity index (χ2n) is 2.75. The maximum atomic E-state index is 10.9. The van der Waals surface area contributed by atoms with E-state index in [0.29, 0.717) is 21.2 Å². The van der Waals surface area contributed by atoms with Crippen LogP contribution in [-0.4, -0.2) is 21.0 Å². The van der Waals surface area contributed by atoms with Crippen molar-refractivity contribution in [1.29, 1.82) is 0 Å². The minimum atomic E-state index is -1.02. The molecule has 0 aliphatic heterocycles. The minimum absolute atomic E-state index is 0.145. The lowest BCUT2D eigenvalue weighted by atomic mass is 10.2. The summed E-state index contributed by atoms with van der Waals surface area (Å²) < 4.78 is 0.430. The van der Waals surface area contributed by atoms with Gasteiger partial charge in [-0.3, -0.25) is 4.98 Å². The number of halogens is 1. The van der Waals surface area contributed by atoms with Crippen molar-refractivity contribution in [2.24, 2.45) is 0 Å². The number of carboxylic acid groups (broad SMARTS) is 1. The minimum Gasteiger partial charge on any atom is -0.478 e. The molecular weight excluding hydrogens is 250 g/mol. The summed E-state index contributed by atoms with van der Waals surface area (Å²) in [5, 5.41) is 8.95. The van der Waals surface area contributed by atoms with Crippen molar-refractivity contribution in [1.82, 2.24) is 9.97 Å². The second kappa shape index (κ2) is 2.98. The van der Waals surface area contributed by atoms with Crippen LogP contribution >= 0.6 is 15.9 Å². The average molecular weight is 256 g/mol. The summed E-state index contributed by atoms with van der Waals surface area (Å²) >= 11 is 3.12. The molecule has 0 radical (unpaired) electrons. The molecule has 0 saturated carbocycles. The Morgan fingerprint density at radius 1 is 1.64 bits per heavy atom. The van der Waals surface area contributed by atoms with Gasteiger partial charge in [0, 0.05) is 12.4 Å². The molecular formula is C8H6BrN3O2. The van der Waals surface area contributed by atoms with Gasteiger partial charge in [-0.1, -0.05) is 0 Å². The average Bonchev–Trinajstić information content (AvgIpc) is 2.47. The Kier molecular flexibility index (Phi) is 1.92. The van der Waals surface area contributed by atoms with Crippen LogP contribution < -0.4 is 5.73 Å². The number of carboxylic acids is 1. The van der Waals surface area contributed by atoms with Crippen LogP contribution in [0.5, 0.6) is 0 Å². The summed E-state index contributed by atoms with van der Waals surface area (Å²) in [6, 6.07) is 0. The first-order valence-corrected chi connectivity index (χ1v) is 4.55. The maximum Gasteiger partial charge on any atom is 0.339 e. The fraction of sp³-hybridized carbons (Fsp3) is 0. The first-order chi connectivity index (χ1) is 6.61. The Morgan fingerprint density at radius 2 is 2.36 bits per heavy atom. The second-order valence-corrected chi connectivity index (χ2v) is 3.61. The highest BCUT2D eigenvalue weighted by Gasteiger charge is 2.16. The highest BCUT2D eigenvalue weighted by Crippen LogP contribution is 2.26. The number of nitrogens with zero attached hydrogens (tertiary/aromatic N) is 1. The zero-order valence-corrected chi connectivity index (χ0v) is 8.50. The zero-order valence-electron chi connectivity index (χ0n) is 6.91. The van der Waals surface area contributed by atoms with Crippen molar-refractivity contribution in [2.75, 3.05) is 5.73 Å². The van der Waals surface area contributed by atoms with E-state index in [-0.39, 0.29) is 5.56 Å². The summed E-state index contributed by atoms with van der Waals surface area (Å²) in [6.45, 7) is 0. The van der Waals surface area contributed by atoms with E-state index in [1.165, 1.54) is 12.4 Å². The van der Waals surface area contributed by atoms with E-state index in [9.17, 15) is 4.79 Å². The van der Waals surface area contributed by atoms with Crippen LogP contribution in [0.4, 0.5) is 5.69 Å². The van der Waals surface area contributed by atoms with Crippen LogP contribution in [-0.2, 0) is 0 Å². The Balaban J connectivity index is 2.90. The number of aromatic nitrogens is 2. The number of nitrogens with two attached hydrogens (primary N) is 1. The Hall–Kier alpha value is -1.56. The molecule has 4 N–H and O–H groups in total. The fourth-order valence-corrected chi connectivity index (χ4v) is 1.75. The first kappa shape index (κ1) is 9.01. The number of hydrogen-bond donors (Lipinski definition) is 3. The molecule has 0 saturated heterocycles. The van der Waals surface area contributed by atoms with Crippen LogP contribution in [0, 0.1) is 0 Å². The zero-order chi connectivity index (χ0) is 10.3. The number of carbonyl (C=O) groups is 1. The fourth-order valence-electron chi connectivity index (χ4n) is 1.27. The molecule has 2 aromatic rings. The Bertz CT molecular complexity index is 521. The van der Waals surface area contributed by atoms with Crippen LogP contribution in [0.25, 0.3) is 11.0 Å². The van der Waals surface area contributed by atoms with Crippen molar-refractivity contribution >= 4 is 38.6 Å². The largest absolute Gasteiger partial charge is 0.478 e. The number of aromatic amines is 1. The van der Waals surface area contributed by atoms with Crippen molar-refractivity contribution < 1.29 is 9.90 Å². The van der Waals surface area contributed by atoms with E-state index in [0.717, 1.165) is 0 Å². The van der Waals surface area contributed by atoms with Crippen molar-refractivity contribution in [3.05, 3.63) is 22.4 Å². The molecule has 2 rings (SSSR count). The molecule has 72 valence electrons. The topological polar surface area (TPSA) is 92.0 Å². The molecule has 0 amide bonds. The van der Waals surface area contributed by atoms with E-state index < -0.39 is 5.97 Å². The van der Waals surface area contributed by atoms with Gasteiger partial charge in [0.25, 0.3) is 0 Å². The van der Waals surface area contributed by atoms with Gasteiger partial charge < -0.3 is 15.8 Å². The highest BCUT2D eigenvalue weighted by atomic mass is 79.9. The number of H-pyrrole nitrogens is 1. The quantitative estimate of drug-likeness (QED) is 0.722. The van der Waals surface area contributed by atoms with Gasteiger partial charge in [0.2, 0.25) is 0 Å². The lowest BCUT2D eigenvalue weighted by Crippen LogP contribution is -2.00. The highest BCUT2D eigenvalue weighted by molar-refractivity contribution is 9.10. The lowest BCUT2D eigenvalue weighted by Gasteiger charge is -1.99. The van der Waals surface area contributed by atoms with Gasteiger partial charge in [-0.25, -0.2) is 4.79 Å². The third-order valence-electron chi connectivity index (χ3n) is 1.89. The predicted molar refractivity (Wildman–Crippen MR) is 55.2 cm³/mol. The van der Waals surface area contributed by atoms with E-state index in [4.69, 9.17) is 10.8 Å². The molecule has 0 aliphatic carbocycles. The summed E-state index contributed by atoms with van der Waals surface area (Å²) in [7, 11) is 0. The number of nitrogens with one attached hydrogen (secondary N) is 1. The van der Waals surface area contributed by atoms with E-state index >= 15 is 0 Å². The molecule has 0 atom stereocenters. The van der Waals surface area contributed by atoms with E-state index in [1.807, 2.05) is 0 Å². The number of anilines is 1. The van der Waals surface area contributed by atoms with E-state index in [2.05, 4.69) is 25.9 Å². The van der Waals surface area contributed by atoms with Gasteiger partial charge in [-0.05, 0) is 15.9 Å². The smallest absolute Gasteiger partial charge is 0.339 e. The third kappa shape index (κ3) is 1.15. The predicted octanol–water partition coefficient (Wildman–Crippen LogP) is 1.61. The first-order valence-electron chi connectivity index (χ1n) is 3.75. The molecule has 0 bridgehead atoms. The molecule has 6 heteroatoms. The maximum absolute atomic E-state index is 10.9. The standard InChI is InChI=1S/C8H6BrN3O2/c9-3-1-11-6-4(10)2-12-7(6)5(3)8(13)14/h1-2,12H,10H2,(H,13,14). The number of hydrogen-bond acceptors (Lipinski definition) is 3. The Morgan fingerprint density at radius 3 is 3.00 bits per heavy atom. The molecule has 2 aromatic heterocycles. The van der Waals surface area contributed by atoms with Crippen LogP contribution in [0.1, 0.15) is 10.4 Å². The molecule has 0 unspecified atom stereocenters. The molecule has 5 nitrogen and oxygen atoms in total. The third-order valence-corrected chi connectivity index (χ3v) is 2.49. The molecule has 2 heterocycles. The van der Waals surface area contributed by atoms with Crippen molar-refractivity contribution in [3.8, 4) is 0 Å². The molecule has 0 aliphatic rings. The van der Waals surface area contributed by atoms with Gasteiger partial charge in [-0.15, -0.1) is 0 Å².